The molecular weight excluding hydrogens is 633 g/mol. The van der Waals surface area contributed by atoms with E-state index < -0.39 is 0 Å². The third-order valence-corrected chi connectivity index (χ3v) is 9.96. The van der Waals surface area contributed by atoms with Crippen LogP contribution >= 0.6 is 0 Å². The van der Waals surface area contributed by atoms with E-state index in [2.05, 4.69) is 179 Å². The van der Waals surface area contributed by atoms with Crippen molar-refractivity contribution in [2.24, 2.45) is 0 Å². The Morgan fingerprint density at radius 3 is 1.13 bits per heavy atom. The molecule has 0 fully saturated rings. The lowest BCUT2D eigenvalue weighted by molar-refractivity contribution is 1.10. The van der Waals surface area contributed by atoms with Crippen molar-refractivity contribution < 1.29 is 0 Å². The summed E-state index contributed by atoms with van der Waals surface area (Å²) in [6.45, 7) is 0. The van der Waals surface area contributed by atoms with Gasteiger partial charge >= 0.3 is 0 Å². The molecule has 4 heteroatoms. The van der Waals surface area contributed by atoms with E-state index in [-0.39, 0.29) is 0 Å². The van der Waals surface area contributed by atoms with Gasteiger partial charge in [0.2, 0.25) is 0 Å². The number of aromatic nitrogens is 4. The van der Waals surface area contributed by atoms with Crippen LogP contribution in [-0.2, 0) is 0 Å². The molecule has 0 aliphatic heterocycles. The number of fused-ring (bicyclic) bond motifs is 3. The molecule has 2 aromatic heterocycles. The maximum Gasteiger partial charge on any atom is 0.145 e. The van der Waals surface area contributed by atoms with Gasteiger partial charge in [-0.05, 0) is 81.6 Å². The third-order valence-electron chi connectivity index (χ3n) is 9.96. The molecule has 2 heterocycles. The lowest BCUT2D eigenvalue weighted by Gasteiger charge is -2.14. The number of nitrogens with zero attached hydrogens (tertiary/aromatic N) is 4. The van der Waals surface area contributed by atoms with Crippen LogP contribution in [0.3, 0.4) is 0 Å². The van der Waals surface area contributed by atoms with Crippen LogP contribution in [0.1, 0.15) is 0 Å². The number of hydrogen-bond donors (Lipinski definition) is 0. The molecule has 0 unspecified atom stereocenters. The summed E-state index contributed by atoms with van der Waals surface area (Å²) in [5.74, 6) is 1.86. The Labute approximate surface area is 301 Å². The van der Waals surface area contributed by atoms with Gasteiger partial charge in [-0.1, -0.05) is 146 Å². The maximum atomic E-state index is 5.09. The van der Waals surface area contributed by atoms with Crippen LogP contribution in [0.2, 0.25) is 0 Å². The topological polar surface area (TPSA) is 35.6 Å². The van der Waals surface area contributed by atoms with Gasteiger partial charge in [0.15, 0.2) is 0 Å². The molecule has 0 spiro atoms. The average Bonchev–Trinajstić information content (AvgIpc) is 3.81. The molecule has 0 aliphatic rings. The lowest BCUT2D eigenvalue weighted by Crippen LogP contribution is -1.97. The van der Waals surface area contributed by atoms with Crippen molar-refractivity contribution in [1.29, 1.82) is 0 Å². The van der Waals surface area contributed by atoms with Crippen LogP contribution in [0.25, 0.3) is 89.2 Å². The number of hydrogen-bond acceptors (Lipinski definition) is 2. The highest BCUT2D eigenvalue weighted by atomic mass is 15.1. The Bertz CT molecular complexity index is 2670. The number of para-hydroxylation sites is 6. The summed E-state index contributed by atoms with van der Waals surface area (Å²) in [7, 11) is 0. The van der Waals surface area contributed by atoms with E-state index in [1.165, 1.54) is 21.9 Å². The summed E-state index contributed by atoms with van der Waals surface area (Å²) in [6, 6.07) is 68.5. The Hall–Kier alpha value is -7.04. The number of rotatable bonds is 6. The van der Waals surface area contributed by atoms with Crippen molar-refractivity contribution in [3.8, 4) is 56.4 Å². The van der Waals surface area contributed by atoms with E-state index in [0.717, 1.165) is 67.3 Å². The van der Waals surface area contributed by atoms with Gasteiger partial charge in [-0.2, -0.15) is 0 Å². The molecule has 0 amide bonds. The van der Waals surface area contributed by atoms with E-state index in [0.29, 0.717) is 0 Å². The smallest absolute Gasteiger partial charge is 0.145 e. The molecule has 10 rings (SSSR count). The SMILES string of the molecule is c1ccc(-n2c(-c3ccc(-c4cccc5cccc(-c6ccc(-c7nc8ccccc8n7-c7ccccc7)cc6)c45)cc3)nc3ccccc32)cc1. The van der Waals surface area contributed by atoms with Gasteiger partial charge in [0, 0.05) is 22.5 Å². The predicted octanol–water partition coefficient (Wildman–Crippen LogP) is 12.2. The van der Waals surface area contributed by atoms with Gasteiger partial charge in [0.25, 0.3) is 0 Å². The molecule has 0 bridgehead atoms. The monoisotopic (exact) mass is 664 g/mol. The zero-order chi connectivity index (χ0) is 34.4. The minimum absolute atomic E-state index is 0.929. The molecule has 0 radical (unpaired) electrons. The maximum absolute atomic E-state index is 5.09. The zero-order valence-electron chi connectivity index (χ0n) is 28.3. The van der Waals surface area contributed by atoms with Crippen molar-refractivity contribution in [2.75, 3.05) is 0 Å². The normalized spacial score (nSPS) is 11.5. The van der Waals surface area contributed by atoms with Crippen molar-refractivity contribution in [3.63, 3.8) is 0 Å². The summed E-state index contributed by atoms with van der Waals surface area (Å²) in [5, 5.41) is 2.44. The van der Waals surface area contributed by atoms with E-state index in [1.54, 1.807) is 0 Å². The summed E-state index contributed by atoms with van der Waals surface area (Å²) >= 11 is 0. The molecule has 10 aromatic rings. The average molecular weight is 665 g/mol. The summed E-state index contributed by atoms with van der Waals surface area (Å²) < 4.78 is 4.50. The van der Waals surface area contributed by atoms with Crippen LogP contribution in [0.4, 0.5) is 0 Å². The number of imidazole rings is 2. The molecular formula is C48H32N4. The Balaban J connectivity index is 1.05. The van der Waals surface area contributed by atoms with Crippen LogP contribution in [0, 0.1) is 0 Å². The van der Waals surface area contributed by atoms with Crippen LogP contribution in [-0.4, -0.2) is 19.1 Å². The minimum atomic E-state index is 0.929. The Kier molecular flexibility index (Phi) is 7.10. The highest BCUT2D eigenvalue weighted by molar-refractivity contribution is 6.06. The highest BCUT2D eigenvalue weighted by Crippen LogP contribution is 2.39. The van der Waals surface area contributed by atoms with Gasteiger partial charge < -0.3 is 0 Å². The second-order valence-electron chi connectivity index (χ2n) is 13.1. The number of benzene rings is 8. The van der Waals surface area contributed by atoms with Gasteiger partial charge in [0.1, 0.15) is 11.6 Å². The van der Waals surface area contributed by atoms with Crippen LogP contribution < -0.4 is 0 Å². The molecule has 52 heavy (non-hydrogen) atoms. The molecule has 0 atom stereocenters. The molecule has 0 N–H and O–H groups in total. The largest absolute Gasteiger partial charge is 0.292 e. The molecule has 4 nitrogen and oxygen atoms in total. The fourth-order valence-corrected chi connectivity index (χ4v) is 7.54. The first kappa shape index (κ1) is 29.8. The summed E-state index contributed by atoms with van der Waals surface area (Å²) in [4.78, 5) is 10.2. The first-order chi connectivity index (χ1) is 25.8. The predicted molar refractivity (Wildman–Crippen MR) is 215 cm³/mol. The zero-order valence-corrected chi connectivity index (χ0v) is 28.3. The van der Waals surface area contributed by atoms with Crippen molar-refractivity contribution in [1.82, 2.24) is 19.1 Å². The van der Waals surface area contributed by atoms with Gasteiger partial charge in [-0.25, -0.2) is 9.97 Å². The summed E-state index contributed by atoms with van der Waals surface area (Å²) in [5.41, 5.74) is 13.2. The van der Waals surface area contributed by atoms with Gasteiger partial charge in [0.05, 0.1) is 22.1 Å². The van der Waals surface area contributed by atoms with E-state index in [4.69, 9.17) is 9.97 Å². The molecule has 244 valence electrons. The molecule has 8 aromatic carbocycles. The van der Waals surface area contributed by atoms with Gasteiger partial charge in [-0.3, -0.25) is 9.13 Å². The summed E-state index contributed by atoms with van der Waals surface area (Å²) in [6.07, 6.45) is 0. The molecule has 0 saturated carbocycles. The first-order valence-corrected chi connectivity index (χ1v) is 17.6. The standard InChI is InChI=1S/C48H32N4/c1-3-15-38(16-4-1)51-44-23-9-7-21-42(44)49-47(51)36-29-25-33(26-30-36)40-19-11-13-35-14-12-20-41(46(35)40)34-27-31-37(32-28-34)48-50-43-22-8-10-24-45(43)52(48)39-17-5-2-6-18-39/h1-32H. The Morgan fingerprint density at radius 1 is 0.308 bits per heavy atom. The van der Waals surface area contributed by atoms with Gasteiger partial charge in [-0.15, -0.1) is 0 Å². The fourth-order valence-electron chi connectivity index (χ4n) is 7.54. The first-order valence-electron chi connectivity index (χ1n) is 17.6. The molecule has 0 aliphatic carbocycles. The van der Waals surface area contributed by atoms with Crippen LogP contribution in [0.5, 0.6) is 0 Å². The Morgan fingerprint density at radius 2 is 0.692 bits per heavy atom. The van der Waals surface area contributed by atoms with E-state index >= 15 is 0 Å². The fraction of sp³-hybridized carbons (Fsp3) is 0. The third kappa shape index (κ3) is 5.00. The van der Waals surface area contributed by atoms with Crippen molar-refractivity contribution in [3.05, 3.63) is 194 Å². The van der Waals surface area contributed by atoms with E-state index in [9.17, 15) is 0 Å². The van der Waals surface area contributed by atoms with E-state index in [1.807, 2.05) is 24.3 Å². The minimum Gasteiger partial charge on any atom is -0.292 e. The van der Waals surface area contributed by atoms with Crippen molar-refractivity contribution >= 4 is 32.8 Å². The quantitative estimate of drug-likeness (QED) is 0.177. The second kappa shape index (κ2) is 12.4. The highest BCUT2D eigenvalue weighted by Gasteiger charge is 2.17. The van der Waals surface area contributed by atoms with Crippen LogP contribution in [0.15, 0.2) is 194 Å². The second-order valence-corrected chi connectivity index (χ2v) is 13.1. The van der Waals surface area contributed by atoms with Crippen molar-refractivity contribution in [2.45, 2.75) is 0 Å². The molecule has 0 saturated heterocycles. The lowest BCUT2D eigenvalue weighted by atomic mass is 9.91.